The highest BCUT2D eigenvalue weighted by molar-refractivity contribution is 6.14. The molecule has 0 saturated heterocycles. The number of carbonyl (C=O) groups is 5. The highest BCUT2D eigenvalue weighted by Crippen LogP contribution is 2.35. The molecule has 6 rings (SSSR count). The summed E-state index contributed by atoms with van der Waals surface area (Å²) in [4.78, 5) is 73.9. The molecule has 1 aromatic heterocycles. The van der Waals surface area contributed by atoms with Crippen molar-refractivity contribution in [1.82, 2.24) is 9.88 Å². The highest BCUT2D eigenvalue weighted by Gasteiger charge is 2.36. The molecule has 2 aliphatic heterocycles. The predicted octanol–water partition coefficient (Wildman–Crippen LogP) is 10.1. The van der Waals surface area contributed by atoms with Crippen molar-refractivity contribution in [3.63, 3.8) is 0 Å². The van der Waals surface area contributed by atoms with Crippen LogP contribution in [0.1, 0.15) is 108 Å². The number of nitrogens with zero attached hydrogens (tertiary/aromatic N) is 3. The number of pyridine rings is 1. The largest absolute Gasteiger partial charge is 0.466 e. The maximum absolute atomic E-state index is 15.8. The fraction of sp³-hybridized carbons (Fsp3) is 0.435. The summed E-state index contributed by atoms with van der Waals surface area (Å²) in [6, 6.07) is 13.0. The minimum Gasteiger partial charge on any atom is -0.466 e. The number of nitrogens with one attached hydrogen (secondary N) is 2. The Morgan fingerprint density at radius 3 is 2.24 bits per heavy atom. The lowest BCUT2D eigenvalue weighted by Crippen LogP contribution is -2.44. The molecule has 3 aromatic carbocycles. The zero-order valence-corrected chi connectivity index (χ0v) is 37.1. The van der Waals surface area contributed by atoms with E-state index in [4.69, 9.17) is 18.9 Å². The van der Waals surface area contributed by atoms with Gasteiger partial charge in [0.05, 0.1) is 25.3 Å². The number of hydrogen-bond acceptors (Lipinski definition) is 11. The average molecular weight is 878 g/mol. The molecule has 17 heteroatoms. The summed E-state index contributed by atoms with van der Waals surface area (Å²) in [5.41, 5.74) is 1.02. The fourth-order valence-corrected chi connectivity index (χ4v) is 7.14. The fourth-order valence-electron chi connectivity index (χ4n) is 7.14. The summed E-state index contributed by atoms with van der Waals surface area (Å²) >= 11 is 0. The van der Waals surface area contributed by atoms with Gasteiger partial charge < -0.3 is 29.2 Å². The van der Waals surface area contributed by atoms with E-state index < -0.39 is 72.0 Å². The Morgan fingerprint density at radius 2 is 1.63 bits per heavy atom. The quantitative estimate of drug-likeness (QED) is 0.128. The normalized spacial score (nSPS) is 16.6. The van der Waals surface area contributed by atoms with E-state index in [-0.39, 0.29) is 64.8 Å². The van der Waals surface area contributed by atoms with E-state index in [0.29, 0.717) is 10.5 Å². The standard InChI is InChI=1S/C46H54F3N5O9/c1-11-60-41(56)35(21-37(48)49)32-16-13-29-19-28(32)23-53(10)40(55)38(27-12-15-31(25(2)18-27)26(3)24-61-42(57)52-29)51-30-14-17-33-34(20-30)36(47)22-50-39(33)54(43(58)62-45(4,5)6)44(59)63-46(7,8)9/h12-20,22,26,35,37-38,51H,11,21,23-24H2,1-10H3,(H,52,57)/t26-,35+,38+/m0/s1. The molecule has 2 aliphatic rings. The lowest BCUT2D eigenvalue weighted by atomic mass is 9.90. The zero-order chi connectivity index (χ0) is 46.6. The molecule has 0 spiro atoms. The molecule has 0 fully saturated rings. The summed E-state index contributed by atoms with van der Waals surface area (Å²) in [5, 5.41) is 5.87. The van der Waals surface area contributed by atoms with Gasteiger partial charge in [-0.2, -0.15) is 4.90 Å². The summed E-state index contributed by atoms with van der Waals surface area (Å²) in [6.45, 7) is 14.7. The molecule has 63 heavy (non-hydrogen) atoms. The topological polar surface area (TPSA) is 166 Å². The summed E-state index contributed by atoms with van der Waals surface area (Å²) in [7, 11) is 1.49. The first-order valence-electron chi connectivity index (χ1n) is 20.4. The number of fused-ring (bicyclic) bond motifs is 10. The molecule has 0 unspecified atom stereocenters. The van der Waals surface area contributed by atoms with E-state index in [1.54, 1.807) is 60.6 Å². The summed E-state index contributed by atoms with van der Waals surface area (Å²) in [6.07, 6.45) is -5.83. The van der Waals surface area contributed by atoms with Crippen molar-refractivity contribution >= 4 is 58.1 Å². The number of ether oxygens (including phenoxy) is 4. The van der Waals surface area contributed by atoms with Crippen molar-refractivity contribution in [3.05, 3.63) is 94.4 Å². The molecule has 4 amide bonds. The number of carbonyl (C=O) groups excluding carboxylic acids is 5. The average Bonchev–Trinajstić information content (AvgIpc) is 3.17. The molecule has 14 nitrogen and oxygen atoms in total. The minimum atomic E-state index is -2.87. The number of anilines is 3. The Hall–Kier alpha value is -6.39. The van der Waals surface area contributed by atoms with Gasteiger partial charge >= 0.3 is 24.2 Å². The second kappa shape index (κ2) is 19.3. The number of aromatic nitrogens is 1. The van der Waals surface area contributed by atoms with Crippen molar-refractivity contribution in [1.29, 1.82) is 0 Å². The van der Waals surface area contributed by atoms with Crippen LogP contribution in [-0.2, 0) is 35.1 Å². The zero-order valence-electron chi connectivity index (χ0n) is 37.1. The van der Waals surface area contributed by atoms with Crippen LogP contribution in [0.15, 0.2) is 60.8 Å². The molecule has 4 aromatic rings. The number of benzene rings is 3. The van der Waals surface area contributed by atoms with Crippen LogP contribution >= 0.6 is 0 Å². The van der Waals surface area contributed by atoms with E-state index in [1.807, 2.05) is 19.9 Å². The van der Waals surface area contributed by atoms with Crippen molar-refractivity contribution in [2.24, 2.45) is 0 Å². The summed E-state index contributed by atoms with van der Waals surface area (Å²) in [5.74, 6) is -4.11. The minimum absolute atomic E-state index is 0.00158. The van der Waals surface area contributed by atoms with Gasteiger partial charge in [-0.05, 0) is 114 Å². The maximum atomic E-state index is 15.8. The van der Waals surface area contributed by atoms with Gasteiger partial charge in [0.15, 0.2) is 5.82 Å². The third-order valence-corrected chi connectivity index (χ3v) is 9.90. The number of amides is 4. The van der Waals surface area contributed by atoms with Crippen LogP contribution in [0, 0.1) is 12.7 Å². The highest BCUT2D eigenvalue weighted by atomic mass is 19.3. The van der Waals surface area contributed by atoms with E-state index in [0.717, 1.165) is 17.3 Å². The first kappa shape index (κ1) is 47.7. The second-order valence-corrected chi connectivity index (χ2v) is 17.3. The van der Waals surface area contributed by atoms with Gasteiger partial charge in [0.25, 0.3) is 0 Å². The molecular weight excluding hydrogens is 824 g/mol. The SMILES string of the molecule is CCOC(=O)[C@H](CC(F)F)c1ccc2cc1CN(C)C(=O)[C@H](Nc1ccc3c(N(C(=O)OC(C)(C)C)C(=O)OC(C)(C)C)ncc(F)c3c1)c1ccc(c(C)c1)[C@@H](C)COC(=O)N2. The van der Waals surface area contributed by atoms with E-state index >= 15 is 4.39 Å². The number of hydrogen-bond donors (Lipinski definition) is 2. The molecule has 3 heterocycles. The number of rotatable bonds is 8. The number of esters is 1. The molecular formula is C46H54F3N5O9. The van der Waals surface area contributed by atoms with Gasteiger partial charge in [-0.3, -0.25) is 14.9 Å². The van der Waals surface area contributed by atoms with E-state index in [2.05, 4.69) is 15.6 Å². The molecule has 0 aliphatic carbocycles. The number of imide groups is 1. The first-order valence-corrected chi connectivity index (χ1v) is 20.4. The van der Waals surface area contributed by atoms with Crippen molar-refractivity contribution in [2.75, 3.05) is 35.8 Å². The van der Waals surface area contributed by atoms with Crippen LogP contribution in [-0.4, -0.2) is 77.9 Å². The summed E-state index contributed by atoms with van der Waals surface area (Å²) < 4.78 is 65.5. The van der Waals surface area contributed by atoms with Crippen LogP contribution in [0.25, 0.3) is 10.8 Å². The van der Waals surface area contributed by atoms with Crippen LogP contribution in [0.2, 0.25) is 0 Å². The lowest BCUT2D eigenvalue weighted by Gasteiger charge is -2.29. The molecule has 2 N–H and O–H groups in total. The smallest absolute Gasteiger partial charge is 0.425 e. The monoisotopic (exact) mass is 877 g/mol. The van der Waals surface area contributed by atoms with Crippen molar-refractivity contribution < 1.29 is 56.1 Å². The van der Waals surface area contributed by atoms with E-state index in [1.165, 1.54) is 48.3 Å². The van der Waals surface area contributed by atoms with Gasteiger partial charge in [-0.15, -0.1) is 0 Å². The van der Waals surface area contributed by atoms with Gasteiger partial charge in [0.1, 0.15) is 23.1 Å². The van der Waals surface area contributed by atoms with Crippen molar-refractivity contribution in [2.45, 2.75) is 111 Å². The van der Waals surface area contributed by atoms with Crippen LogP contribution in [0.5, 0.6) is 0 Å². The Labute approximate surface area is 364 Å². The first-order chi connectivity index (χ1) is 29.5. The number of likely N-dealkylation sites (N-methyl/N-ethyl adjacent to an activating group) is 1. The Kier molecular flexibility index (Phi) is 14.6. The van der Waals surface area contributed by atoms with Gasteiger partial charge in [0.2, 0.25) is 12.3 Å². The molecule has 4 bridgehead atoms. The number of halogens is 3. The van der Waals surface area contributed by atoms with Crippen LogP contribution in [0.3, 0.4) is 0 Å². The Bertz CT molecular complexity index is 2350. The van der Waals surface area contributed by atoms with E-state index in [9.17, 15) is 32.8 Å². The maximum Gasteiger partial charge on any atom is 0.425 e. The molecule has 0 radical (unpaired) electrons. The molecule has 3 atom stereocenters. The lowest BCUT2D eigenvalue weighted by molar-refractivity contribution is -0.146. The third kappa shape index (κ3) is 12.0. The van der Waals surface area contributed by atoms with Gasteiger partial charge in [0, 0.05) is 48.1 Å². The predicted molar refractivity (Wildman–Crippen MR) is 230 cm³/mol. The van der Waals surface area contributed by atoms with Crippen LogP contribution in [0.4, 0.5) is 44.7 Å². The third-order valence-electron chi connectivity index (χ3n) is 9.90. The Morgan fingerprint density at radius 1 is 0.968 bits per heavy atom. The van der Waals surface area contributed by atoms with Gasteiger partial charge in [-0.1, -0.05) is 31.2 Å². The Balaban J connectivity index is 1.62. The number of alkyl halides is 2. The molecule has 0 saturated carbocycles. The second-order valence-electron chi connectivity index (χ2n) is 17.3. The van der Waals surface area contributed by atoms with Crippen LogP contribution < -0.4 is 15.5 Å². The molecule has 338 valence electrons. The van der Waals surface area contributed by atoms with Crippen molar-refractivity contribution in [3.8, 4) is 0 Å². The number of aryl methyl sites for hydroxylation is 1. The van der Waals surface area contributed by atoms with Gasteiger partial charge in [-0.25, -0.2) is 32.5 Å².